The van der Waals surface area contributed by atoms with Gasteiger partial charge < -0.3 is 20.2 Å². The molecule has 1 fully saturated rings. The third-order valence-corrected chi connectivity index (χ3v) is 3.39. The van der Waals surface area contributed by atoms with Crippen LogP contribution in [0.1, 0.15) is 20.3 Å². The highest BCUT2D eigenvalue weighted by atomic mass is 16.4. The molecule has 19 heavy (non-hydrogen) atoms. The lowest BCUT2D eigenvalue weighted by Crippen LogP contribution is -2.49. The predicted octanol–water partition coefficient (Wildman–Crippen LogP) is -0.0307. The van der Waals surface area contributed by atoms with Gasteiger partial charge in [0, 0.05) is 26.7 Å². The van der Waals surface area contributed by atoms with Gasteiger partial charge in [0.1, 0.15) is 6.04 Å². The SMILES string of the molecule is CCN(C)C(=O)C(C)NC(=O)N1CCC(C(=O)O)C1. The van der Waals surface area contributed by atoms with Crippen molar-refractivity contribution in [3.63, 3.8) is 0 Å². The zero-order valence-electron chi connectivity index (χ0n) is 11.5. The zero-order valence-corrected chi connectivity index (χ0v) is 11.5. The van der Waals surface area contributed by atoms with Crippen LogP contribution in [0.25, 0.3) is 0 Å². The Morgan fingerprint density at radius 3 is 2.58 bits per heavy atom. The average Bonchev–Trinajstić information content (AvgIpc) is 2.86. The van der Waals surface area contributed by atoms with Gasteiger partial charge in [-0.1, -0.05) is 0 Å². The number of carboxylic acid groups (broad SMARTS) is 1. The van der Waals surface area contributed by atoms with E-state index < -0.39 is 17.9 Å². The molecule has 1 heterocycles. The van der Waals surface area contributed by atoms with Gasteiger partial charge in [0.15, 0.2) is 0 Å². The van der Waals surface area contributed by atoms with Crippen molar-refractivity contribution >= 4 is 17.9 Å². The number of nitrogens with one attached hydrogen (secondary N) is 1. The summed E-state index contributed by atoms with van der Waals surface area (Å²) >= 11 is 0. The van der Waals surface area contributed by atoms with Crippen LogP contribution in [-0.2, 0) is 9.59 Å². The van der Waals surface area contributed by atoms with Crippen LogP contribution in [0, 0.1) is 5.92 Å². The fourth-order valence-electron chi connectivity index (χ4n) is 1.97. The minimum Gasteiger partial charge on any atom is -0.481 e. The lowest BCUT2D eigenvalue weighted by molar-refractivity contribution is -0.141. The molecule has 3 amide bonds. The van der Waals surface area contributed by atoms with E-state index in [9.17, 15) is 14.4 Å². The number of likely N-dealkylation sites (N-methyl/N-ethyl adjacent to an activating group) is 1. The van der Waals surface area contributed by atoms with Gasteiger partial charge in [-0.25, -0.2) is 4.79 Å². The average molecular weight is 271 g/mol. The van der Waals surface area contributed by atoms with Crippen molar-refractivity contribution in [1.82, 2.24) is 15.1 Å². The molecule has 2 N–H and O–H groups in total. The molecule has 0 saturated carbocycles. The summed E-state index contributed by atoms with van der Waals surface area (Å²) < 4.78 is 0. The quantitative estimate of drug-likeness (QED) is 0.751. The van der Waals surface area contributed by atoms with E-state index in [1.54, 1.807) is 14.0 Å². The molecule has 1 rings (SSSR count). The second-order valence-electron chi connectivity index (χ2n) is 4.79. The summed E-state index contributed by atoms with van der Waals surface area (Å²) in [5.41, 5.74) is 0. The van der Waals surface area contributed by atoms with Crippen LogP contribution < -0.4 is 5.32 Å². The first kappa shape index (κ1) is 15.3. The number of rotatable bonds is 4. The summed E-state index contributed by atoms with van der Waals surface area (Å²) in [5.74, 6) is -1.55. The second kappa shape index (κ2) is 6.40. The Hall–Kier alpha value is -1.79. The Labute approximate surface area is 112 Å². The monoisotopic (exact) mass is 271 g/mol. The first-order chi connectivity index (χ1) is 8.86. The van der Waals surface area contributed by atoms with Crippen molar-refractivity contribution in [2.75, 3.05) is 26.7 Å². The molecule has 7 nitrogen and oxygen atoms in total. The van der Waals surface area contributed by atoms with Gasteiger partial charge in [0.05, 0.1) is 5.92 Å². The number of carbonyl (C=O) groups is 3. The molecule has 108 valence electrons. The molecule has 2 unspecified atom stereocenters. The van der Waals surface area contributed by atoms with Crippen LogP contribution in [0.2, 0.25) is 0 Å². The normalized spacial score (nSPS) is 19.9. The lowest BCUT2D eigenvalue weighted by Gasteiger charge is -2.23. The molecular weight excluding hydrogens is 250 g/mol. The fraction of sp³-hybridized carbons (Fsp3) is 0.750. The van der Waals surface area contributed by atoms with Crippen molar-refractivity contribution in [2.24, 2.45) is 5.92 Å². The maximum Gasteiger partial charge on any atom is 0.318 e. The van der Waals surface area contributed by atoms with Gasteiger partial charge in [-0.2, -0.15) is 0 Å². The van der Waals surface area contributed by atoms with Crippen LogP contribution >= 0.6 is 0 Å². The lowest BCUT2D eigenvalue weighted by atomic mass is 10.1. The number of amides is 3. The number of nitrogens with zero attached hydrogens (tertiary/aromatic N) is 2. The van der Waals surface area contributed by atoms with Crippen molar-refractivity contribution < 1.29 is 19.5 Å². The molecule has 0 aromatic heterocycles. The standard InChI is InChI=1S/C12H21N3O4/c1-4-14(3)10(16)8(2)13-12(19)15-6-5-9(7-15)11(17)18/h8-9H,4-7H2,1-3H3,(H,13,19)(H,17,18). The highest BCUT2D eigenvalue weighted by molar-refractivity contribution is 5.87. The molecule has 0 aromatic carbocycles. The molecule has 2 atom stereocenters. The number of aliphatic carboxylic acids is 1. The maximum atomic E-state index is 11.9. The number of hydrogen-bond acceptors (Lipinski definition) is 3. The first-order valence-corrected chi connectivity index (χ1v) is 6.40. The number of carbonyl (C=O) groups excluding carboxylic acids is 2. The van der Waals surface area contributed by atoms with E-state index in [2.05, 4.69) is 5.32 Å². The molecule has 0 aliphatic carbocycles. The van der Waals surface area contributed by atoms with E-state index in [1.165, 1.54) is 9.80 Å². The summed E-state index contributed by atoms with van der Waals surface area (Å²) in [6.45, 7) is 4.66. The Morgan fingerprint density at radius 1 is 1.47 bits per heavy atom. The van der Waals surface area contributed by atoms with Gasteiger partial charge in [-0.15, -0.1) is 0 Å². The van der Waals surface area contributed by atoms with Crippen LogP contribution in [0.15, 0.2) is 0 Å². The third kappa shape index (κ3) is 3.84. The van der Waals surface area contributed by atoms with Crippen LogP contribution in [0.4, 0.5) is 4.79 Å². The summed E-state index contributed by atoms with van der Waals surface area (Å²) in [6, 6.07) is -0.990. The smallest absolute Gasteiger partial charge is 0.318 e. The van der Waals surface area contributed by atoms with Gasteiger partial charge >= 0.3 is 12.0 Å². The molecule has 7 heteroatoms. The summed E-state index contributed by atoms with van der Waals surface area (Å²) in [5, 5.41) is 11.5. The molecule has 0 bridgehead atoms. The number of carboxylic acids is 1. The molecular formula is C12H21N3O4. The zero-order chi connectivity index (χ0) is 14.6. The minimum absolute atomic E-state index is 0.162. The van der Waals surface area contributed by atoms with Crippen LogP contribution in [0.5, 0.6) is 0 Å². The number of urea groups is 1. The second-order valence-corrected chi connectivity index (χ2v) is 4.79. The van der Waals surface area contributed by atoms with Gasteiger partial charge in [-0.3, -0.25) is 9.59 Å². The van der Waals surface area contributed by atoms with E-state index in [0.717, 1.165) is 0 Å². The van der Waals surface area contributed by atoms with E-state index >= 15 is 0 Å². The van der Waals surface area contributed by atoms with Gasteiger partial charge in [0.2, 0.25) is 5.91 Å². The molecule has 0 aromatic rings. The Morgan fingerprint density at radius 2 is 2.11 bits per heavy atom. The largest absolute Gasteiger partial charge is 0.481 e. The Bertz CT molecular complexity index is 372. The predicted molar refractivity (Wildman–Crippen MR) is 68.6 cm³/mol. The molecule has 0 spiro atoms. The minimum atomic E-state index is -0.884. The fourth-order valence-corrected chi connectivity index (χ4v) is 1.97. The Kier molecular flexibility index (Phi) is 5.14. The van der Waals surface area contributed by atoms with Crippen molar-refractivity contribution in [1.29, 1.82) is 0 Å². The highest BCUT2D eigenvalue weighted by Crippen LogP contribution is 2.16. The van der Waals surface area contributed by atoms with Crippen molar-refractivity contribution in [3.05, 3.63) is 0 Å². The molecule has 1 saturated heterocycles. The topological polar surface area (TPSA) is 90.0 Å². The van der Waals surface area contributed by atoms with Gasteiger partial charge in [0.25, 0.3) is 0 Å². The van der Waals surface area contributed by atoms with E-state index in [1.807, 2.05) is 6.92 Å². The van der Waals surface area contributed by atoms with E-state index in [0.29, 0.717) is 19.5 Å². The number of hydrogen-bond donors (Lipinski definition) is 2. The maximum absolute atomic E-state index is 11.9. The molecule has 1 aliphatic heterocycles. The first-order valence-electron chi connectivity index (χ1n) is 6.40. The molecule has 1 aliphatic rings. The van der Waals surface area contributed by atoms with E-state index in [-0.39, 0.29) is 18.5 Å². The highest BCUT2D eigenvalue weighted by Gasteiger charge is 2.32. The van der Waals surface area contributed by atoms with Crippen LogP contribution in [0.3, 0.4) is 0 Å². The van der Waals surface area contributed by atoms with Gasteiger partial charge in [-0.05, 0) is 20.3 Å². The third-order valence-electron chi connectivity index (χ3n) is 3.39. The summed E-state index contributed by atoms with van der Waals surface area (Å²) in [7, 11) is 1.67. The summed E-state index contributed by atoms with van der Waals surface area (Å²) in [4.78, 5) is 37.5. The van der Waals surface area contributed by atoms with Crippen molar-refractivity contribution in [3.8, 4) is 0 Å². The molecule has 0 radical (unpaired) electrons. The van der Waals surface area contributed by atoms with Crippen molar-refractivity contribution in [2.45, 2.75) is 26.3 Å². The van der Waals surface area contributed by atoms with E-state index in [4.69, 9.17) is 5.11 Å². The Balaban J connectivity index is 2.48. The van der Waals surface area contributed by atoms with Crippen LogP contribution in [-0.4, -0.2) is 65.5 Å². The summed E-state index contributed by atoms with van der Waals surface area (Å²) in [6.07, 6.45) is 0.458. The number of likely N-dealkylation sites (tertiary alicyclic amines) is 1.